The fourth-order valence-electron chi connectivity index (χ4n) is 2.50. The predicted octanol–water partition coefficient (Wildman–Crippen LogP) is 2.62. The SMILES string of the molecule is Cc1cccc2c(C(=O)N=C(N)N)cc(-c3ccccc3)nc12. The van der Waals surface area contributed by atoms with Crippen LogP contribution in [-0.2, 0) is 0 Å². The van der Waals surface area contributed by atoms with Crippen LogP contribution < -0.4 is 11.5 Å². The standard InChI is InChI=1S/C18H16N4O/c1-11-6-5-9-13-14(17(23)22-18(19)20)10-15(21-16(11)13)12-7-3-2-4-8-12/h2-10H,1H3,(H4,19,20,22,23). The molecule has 0 bridgehead atoms. The molecule has 0 saturated heterocycles. The number of aryl methyl sites for hydroxylation is 1. The molecule has 0 radical (unpaired) electrons. The van der Waals surface area contributed by atoms with Crippen molar-refractivity contribution in [3.63, 3.8) is 0 Å². The minimum atomic E-state index is -0.472. The topological polar surface area (TPSA) is 94.4 Å². The van der Waals surface area contributed by atoms with E-state index in [2.05, 4.69) is 4.99 Å². The molecule has 5 nitrogen and oxygen atoms in total. The van der Waals surface area contributed by atoms with Crippen molar-refractivity contribution in [1.29, 1.82) is 0 Å². The van der Waals surface area contributed by atoms with Gasteiger partial charge in [0.25, 0.3) is 5.91 Å². The van der Waals surface area contributed by atoms with E-state index in [-0.39, 0.29) is 5.96 Å². The minimum Gasteiger partial charge on any atom is -0.370 e. The number of pyridine rings is 1. The van der Waals surface area contributed by atoms with Gasteiger partial charge in [0, 0.05) is 10.9 Å². The molecule has 0 atom stereocenters. The Balaban J connectivity index is 2.31. The smallest absolute Gasteiger partial charge is 0.280 e. The molecule has 1 heterocycles. The highest BCUT2D eigenvalue weighted by Gasteiger charge is 2.14. The van der Waals surface area contributed by atoms with Gasteiger partial charge in [-0.3, -0.25) is 4.79 Å². The number of nitrogens with two attached hydrogens (primary N) is 2. The van der Waals surface area contributed by atoms with Crippen LogP contribution in [0.4, 0.5) is 0 Å². The molecule has 3 aromatic rings. The van der Waals surface area contributed by atoms with Crippen LogP contribution in [0, 0.1) is 6.92 Å². The second-order valence-electron chi connectivity index (χ2n) is 5.23. The molecule has 0 unspecified atom stereocenters. The summed E-state index contributed by atoms with van der Waals surface area (Å²) in [4.78, 5) is 20.8. The molecular formula is C18H16N4O. The van der Waals surface area contributed by atoms with Crippen molar-refractivity contribution >= 4 is 22.8 Å². The molecule has 1 amide bonds. The van der Waals surface area contributed by atoms with E-state index in [0.29, 0.717) is 11.3 Å². The predicted molar refractivity (Wildman–Crippen MR) is 92.1 cm³/mol. The lowest BCUT2D eigenvalue weighted by Gasteiger charge is -2.09. The number of fused-ring (bicyclic) bond motifs is 1. The number of carbonyl (C=O) groups is 1. The molecule has 0 saturated carbocycles. The maximum absolute atomic E-state index is 12.4. The summed E-state index contributed by atoms with van der Waals surface area (Å²) in [6, 6.07) is 17.1. The number of aromatic nitrogens is 1. The summed E-state index contributed by atoms with van der Waals surface area (Å²) in [7, 11) is 0. The summed E-state index contributed by atoms with van der Waals surface area (Å²) in [5, 5.41) is 0.736. The highest BCUT2D eigenvalue weighted by molar-refractivity contribution is 6.11. The van der Waals surface area contributed by atoms with E-state index in [1.54, 1.807) is 6.07 Å². The molecule has 0 aliphatic carbocycles. The molecule has 3 rings (SSSR count). The van der Waals surface area contributed by atoms with Gasteiger partial charge < -0.3 is 11.5 Å². The van der Waals surface area contributed by atoms with Gasteiger partial charge in [0.05, 0.1) is 16.8 Å². The van der Waals surface area contributed by atoms with Crippen LogP contribution in [0.25, 0.3) is 22.2 Å². The number of hydrogen-bond acceptors (Lipinski definition) is 2. The Morgan fingerprint density at radius 1 is 1.04 bits per heavy atom. The third-order valence-electron chi connectivity index (χ3n) is 3.57. The van der Waals surface area contributed by atoms with E-state index >= 15 is 0 Å². The van der Waals surface area contributed by atoms with Crippen molar-refractivity contribution in [2.24, 2.45) is 16.5 Å². The number of nitrogens with zero attached hydrogens (tertiary/aromatic N) is 2. The van der Waals surface area contributed by atoms with Gasteiger partial charge in [0.2, 0.25) is 0 Å². The van der Waals surface area contributed by atoms with Gasteiger partial charge >= 0.3 is 0 Å². The van der Waals surface area contributed by atoms with E-state index in [1.165, 1.54) is 0 Å². The molecule has 5 heteroatoms. The third kappa shape index (κ3) is 2.89. The Morgan fingerprint density at radius 3 is 2.48 bits per heavy atom. The molecule has 114 valence electrons. The molecule has 0 fully saturated rings. The maximum Gasteiger partial charge on any atom is 0.280 e. The van der Waals surface area contributed by atoms with Crippen molar-refractivity contribution in [3.8, 4) is 11.3 Å². The normalized spacial score (nSPS) is 10.5. The van der Waals surface area contributed by atoms with Gasteiger partial charge in [-0.15, -0.1) is 0 Å². The summed E-state index contributed by atoms with van der Waals surface area (Å²) < 4.78 is 0. The van der Waals surface area contributed by atoms with Crippen molar-refractivity contribution < 1.29 is 4.79 Å². The average molecular weight is 304 g/mol. The fraction of sp³-hybridized carbons (Fsp3) is 0.0556. The quantitative estimate of drug-likeness (QED) is 0.562. The largest absolute Gasteiger partial charge is 0.370 e. The zero-order chi connectivity index (χ0) is 16.4. The summed E-state index contributed by atoms with van der Waals surface area (Å²) in [6.07, 6.45) is 0. The van der Waals surface area contributed by atoms with Crippen LogP contribution in [0.5, 0.6) is 0 Å². The number of amides is 1. The number of rotatable bonds is 2. The highest BCUT2D eigenvalue weighted by Crippen LogP contribution is 2.27. The molecule has 4 N–H and O–H groups in total. The highest BCUT2D eigenvalue weighted by atomic mass is 16.1. The van der Waals surface area contributed by atoms with Crippen molar-refractivity contribution in [3.05, 3.63) is 65.7 Å². The molecule has 2 aromatic carbocycles. The number of hydrogen-bond donors (Lipinski definition) is 2. The fourth-order valence-corrected chi connectivity index (χ4v) is 2.50. The van der Waals surface area contributed by atoms with Crippen LogP contribution in [0.15, 0.2) is 59.6 Å². The maximum atomic E-state index is 12.4. The number of para-hydroxylation sites is 1. The lowest BCUT2D eigenvalue weighted by Crippen LogP contribution is -2.24. The van der Waals surface area contributed by atoms with E-state index in [9.17, 15) is 4.79 Å². The minimum absolute atomic E-state index is 0.256. The zero-order valence-corrected chi connectivity index (χ0v) is 12.7. The Kier molecular flexibility index (Phi) is 3.76. The zero-order valence-electron chi connectivity index (χ0n) is 12.7. The van der Waals surface area contributed by atoms with E-state index in [1.807, 2.05) is 55.5 Å². The number of benzene rings is 2. The van der Waals surface area contributed by atoms with Crippen LogP contribution in [0.1, 0.15) is 15.9 Å². The molecular weight excluding hydrogens is 288 g/mol. The second kappa shape index (κ2) is 5.88. The summed E-state index contributed by atoms with van der Waals surface area (Å²) >= 11 is 0. The van der Waals surface area contributed by atoms with Gasteiger partial charge in [0.15, 0.2) is 5.96 Å². The lowest BCUT2D eigenvalue weighted by atomic mass is 10.0. The molecule has 1 aromatic heterocycles. The van der Waals surface area contributed by atoms with Gasteiger partial charge in [-0.25, -0.2) is 4.98 Å². The van der Waals surface area contributed by atoms with Gasteiger partial charge in [-0.05, 0) is 18.6 Å². The van der Waals surface area contributed by atoms with Crippen LogP contribution in [0.3, 0.4) is 0 Å². The number of guanidine groups is 1. The lowest BCUT2D eigenvalue weighted by molar-refractivity contribution is 0.100. The van der Waals surface area contributed by atoms with Crippen LogP contribution >= 0.6 is 0 Å². The van der Waals surface area contributed by atoms with Gasteiger partial charge in [0.1, 0.15) is 0 Å². The van der Waals surface area contributed by atoms with Crippen molar-refractivity contribution in [1.82, 2.24) is 4.98 Å². The van der Waals surface area contributed by atoms with Crippen molar-refractivity contribution in [2.75, 3.05) is 0 Å². The molecule has 0 spiro atoms. The van der Waals surface area contributed by atoms with E-state index < -0.39 is 5.91 Å². The first-order valence-electron chi connectivity index (χ1n) is 7.16. The van der Waals surface area contributed by atoms with Crippen LogP contribution in [-0.4, -0.2) is 16.9 Å². The van der Waals surface area contributed by atoms with Crippen LogP contribution in [0.2, 0.25) is 0 Å². The van der Waals surface area contributed by atoms with Gasteiger partial charge in [-0.2, -0.15) is 4.99 Å². The Labute approximate surface area is 133 Å². The van der Waals surface area contributed by atoms with E-state index in [0.717, 1.165) is 22.0 Å². The molecule has 0 aliphatic heterocycles. The second-order valence-corrected chi connectivity index (χ2v) is 5.23. The Bertz CT molecular complexity index is 913. The number of aliphatic imine (C=N–C) groups is 1. The first-order chi connectivity index (χ1) is 11.1. The molecule has 0 aliphatic rings. The van der Waals surface area contributed by atoms with E-state index in [4.69, 9.17) is 16.5 Å². The third-order valence-corrected chi connectivity index (χ3v) is 3.57. The van der Waals surface area contributed by atoms with Crippen molar-refractivity contribution in [2.45, 2.75) is 6.92 Å². The Morgan fingerprint density at radius 2 is 1.78 bits per heavy atom. The summed E-state index contributed by atoms with van der Waals surface area (Å²) in [5.41, 5.74) is 14.5. The Hall–Kier alpha value is -3.21. The monoisotopic (exact) mass is 304 g/mol. The average Bonchev–Trinajstić information content (AvgIpc) is 2.54. The summed E-state index contributed by atoms with van der Waals surface area (Å²) in [5.74, 6) is -0.728. The summed E-state index contributed by atoms with van der Waals surface area (Å²) in [6.45, 7) is 1.96. The van der Waals surface area contributed by atoms with Gasteiger partial charge in [-0.1, -0.05) is 48.5 Å². The number of carbonyl (C=O) groups excluding carboxylic acids is 1. The molecule has 23 heavy (non-hydrogen) atoms. The first-order valence-corrected chi connectivity index (χ1v) is 7.16. The first kappa shape index (κ1) is 14.7.